The van der Waals surface area contributed by atoms with E-state index in [0.717, 1.165) is 12.8 Å². The van der Waals surface area contributed by atoms with E-state index in [9.17, 15) is 14.9 Å². The van der Waals surface area contributed by atoms with E-state index in [1.54, 1.807) is 4.90 Å². The summed E-state index contributed by atoms with van der Waals surface area (Å²) >= 11 is 6.00. The predicted molar refractivity (Wildman–Crippen MR) is 71.9 cm³/mol. The molecule has 1 amide bonds. The Morgan fingerprint density at radius 2 is 2.00 bits per heavy atom. The van der Waals surface area contributed by atoms with Gasteiger partial charge in [0.1, 0.15) is 0 Å². The molecule has 2 aliphatic rings. The number of likely N-dealkylation sites (tertiary alicyclic amines) is 1. The fourth-order valence-electron chi connectivity index (χ4n) is 2.74. The number of nitro groups is 1. The molecular formula is C13H13ClN2O4. The zero-order valence-electron chi connectivity index (χ0n) is 10.6. The number of amides is 1. The second kappa shape index (κ2) is 5.03. The second-order valence-electron chi connectivity index (χ2n) is 5.09. The molecule has 2 aliphatic heterocycles. The molecule has 1 aromatic carbocycles. The van der Waals surface area contributed by atoms with Gasteiger partial charge in [0.2, 0.25) is 0 Å². The van der Waals surface area contributed by atoms with Crippen molar-refractivity contribution in [2.24, 2.45) is 0 Å². The van der Waals surface area contributed by atoms with E-state index >= 15 is 0 Å². The Bertz CT molecular complexity index is 565. The fraction of sp³-hybridized carbons (Fsp3) is 0.462. The zero-order chi connectivity index (χ0) is 14.3. The summed E-state index contributed by atoms with van der Waals surface area (Å²) in [4.78, 5) is 24.4. The molecule has 2 fully saturated rings. The van der Waals surface area contributed by atoms with E-state index < -0.39 is 4.92 Å². The molecule has 20 heavy (non-hydrogen) atoms. The second-order valence-corrected chi connectivity index (χ2v) is 5.50. The first kappa shape index (κ1) is 13.3. The quantitative estimate of drug-likeness (QED) is 0.620. The molecule has 2 saturated heterocycles. The molecule has 0 aromatic heterocycles. The number of carbonyl (C=O) groups is 1. The highest BCUT2D eigenvalue weighted by atomic mass is 35.5. The predicted octanol–water partition coefficient (Wildman–Crippen LogP) is 2.25. The molecule has 0 radical (unpaired) electrons. The minimum atomic E-state index is -0.532. The molecule has 2 atom stereocenters. The highest BCUT2D eigenvalue weighted by molar-refractivity contribution is 6.33. The number of benzene rings is 1. The summed E-state index contributed by atoms with van der Waals surface area (Å²) in [5.74, 6) is -0.265. The van der Waals surface area contributed by atoms with Crippen LogP contribution in [0.1, 0.15) is 23.2 Å². The summed E-state index contributed by atoms with van der Waals surface area (Å²) in [7, 11) is 0. The van der Waals surface area contributed by atoms with Crippen LogP contribution in [-0.2, 0) is 4.74 Å². The Morgan fingerprint density at radius 3 is 2.60 bits per heavy atom. The minimum absolute atomic E-state index is 0.0789. The third-order valence-electron chi connectivity index (χ3n) is 3.72. The molecule has 2 bridgehead atoms. The van der Waals surface area contributed by atoms with Crippen LogP contribution < -0.4 is 0 Å². The Balaban J connectivity index is 1.86. The van der Waals surface area contributed by atoms with Gasteiger partial charge in [0.25, 0.3) is 11.6 Å². The maximum Gasteiger partial charge on any atom is 0.270 e. The third-order valence-corrected chi connectivity index (χ3v) is 4.05. The average molecular weight is 297 g/mol. The van der Waals surface area contributed by atoms with Gasteiger partial charge in [-0.3, -0.25) is 14.9 Å². The van der Waals surface area contributed by atoms with Crippen LogP contribution in [0.15, 0.2) is 18.2 Å². The summed E-state index contributed by atoms with van der Waals surface area (Å²) in [5, 5.41) is 11.0. The minimum Gasteiger partial charge on any atom is -0.371 e. The van der Waals surface area contributed by atoms with Crippen LogP contribution in [0.25, 0.3) is 0 Å². The summed E-state index contributed by atoms with van der Waals surface area (Å²) in [5.41, 5.74) is 0.0520. The number of rotatable bonds is 2. The van der Waals surface area contributed by atoms with Crippen molar-refractivity contribution < 1.29 is 14.5 Å². The van der Waals surface area contributed by atoms with Gasteiger partial charge in [-0.15, -0.1) is 0 Å². The lowest BCUT2D eigenvalue weighted by atomic mass is 10.1. The summed E-state index contributed by atoms with van der Waals surface area (Å²) in [6, 6.07) is 3.92. The molecule has 3 rings (SSSR count). The molecule has 1 aromatic rings. The molecule has 106 valence electrons. The van der Waals surface area contributed by atoms with Gasteiger partial charge in [-0.2, -0.15) is 0 Å². The van der Waals surface area contributed by atoms with Crippen LogP contribution in [0.4, 0.5) is 5.69 Å². The van der Waals surface area contributed by atoms with E-state index in [1.807, 2.05) is 0 Å². The molecular weight excluding hydrogens is 284 g/mol. The number of nitrogens with zero attached hydrogens (tertiary/aromatic N) is 2. The number of nitro benzene ring substituents is 1. The molecule has 6 nitrogen and oxygen atoms in total. The molecule has 0 aliphatic carbocycles. The highest BCUT2D eigenvalue weighted by Crippen LogP contribution is 2.29. The van der Waals surface area contributed by atoms with Gasteiger partial charge in [-0.1, -0.05) is 11.6 Å². The van der Waals surface area contributed by atoms with Crippen molar-refractivity contribution in [3.8, 4) is 0 Å². The van der Waals surface area contributed by atoms with E-state index in [2.05, 4.69) is 0 Å². The van der Waals surface area contributed by atoms with Crippen molar-refractivity contribution in [1.82, 2.24) is 4.90 Å². The van der Waals surface area contributed by atoms with Crippen molar-refractivity contribution in [3.63, 3.8) is 0 Å². The fourth-order valence-corrected chi connectivity index (χ4v) is 2.94. The lowest BCUT2D eigenvalue weighted by molar-refractivity contribution is -0.384. The highest BCUT2D eigenvalue weighted by Gasteiger charge is 2.36. The third kappa shape index (κ3) is 2.36. The van der Waals surface area contributed by atoms with Gasteiger partial charge in [0.05, 0.1) is 27.7 Å². The largest absolute Gasteiger partial charge is 0.371 e. The van der Waals surface area contributed by atoms with Crippen LogP contribution in [0.2, 0.25) is 5.02 Å². The van der Waals surface area contributed by atoms with Crippen LogP contribution in [0.3, 0.4) is 0 Å². The monoisotopic (exact) mass is 296 g/mol. The molecule has 0 saturated carbocycles. The van der Waals surface area contributed by atoms with Gasteiger partial charge in [0, 0.05) is 25.2 Å². The average Bonchev–Trinajstić information content (AvgIpc) is 2.77. The number of fused-ring (bicyclic) bond motifs is 2. The molecule has 0 spiro atoms. The summed E-state index contributed by atoms with van der Waals surface area (Å²) in [6.45, 7) is 1.04. The van der Waals surface area contributed by atoms with Crippen molar-refractivity contribution >= 4 is 23.2 Å². The molecule has 2 heterocycles. The number of hydrogen-bond acceptors (Lipinski definition) is 4. The number of non-ortho nitro benzene ring substituents is 1. The van der Waals surface area contributed by atoms with E-state index in [4.69, 9.17) is 16.3 Å². The van der Waals surface area contributed by atoms with Gasteiger partial charge in [-0.05, 0) is 18.9 Å². The van der Waals surface area contributed by atoms with Crippen LogP contribution >= 0.6 is 11.6 Å². The number of ether oxygens (including phenoxy) is 1. The Labute approximate surface area is 120 Å². The van der Waals surface area contributed by atoms with E-state index in [-0.39, 0.29) is 34.4 Å². The first-order valence-corrected chi connectivity index (χ1v) is 6.81. The van der Waals surface area contributed by atoms with Crippen LogP contribution in [0, 0.1) is 10.1 Å². The Hall–Kier alpha value is -1.66. The standard InChI is InChI=1S/C13H13ClN2O4/c14-12-4-1-8(16(18)19)5-11(12)13(17)15-6-9-2-3-10(7-15)20-9/h1,4-5,9-10H,2-3,6-7H2. The zero-order valence-corrected chi connectivity index (χ0v) is 11.4. The van der Waals surface area contributed by atoms with Crippen LogP contribution in [-0.4, -0.2) is 41.0 Å². The van der Waals surface area contributed by atoms with Crippen molar-refractivity contribution in [1.29, 1.82) is 0 Å². The van der Waals surface area contributed by atoms with Crippen molar-refractivity contribution in [3.05, 3.63) is 38.9 Å². The van der Waals surface area contributed by atoms with E-state index in [1.165, 1.54) is 18.2 Å². The lowest BCUT2D eigenvalue weighted by Crippen LogP contribution is -2.45. The normalized spacial score (nSPS) is 24.8. The Morgan fingerprint density at radius 1 is 1.35 bits per heavy atom. The van der Waals surface area contributed by atoms with Gasteiger partial charge in [-0.25, -0.2) is 0 Å². The first-order valence-electron chi connectivity index (χ1n) is 6.43. The van der Waals surface area contributed by atoms with Crippen LogP contribution in [0.5, 0.6) is 0 Å². The van der Waals surface area contributed by atoms with Gasteiger partial charge in [0.15, 0.2) is 0 Å². The molecule has 7 heteroatoms. The topological polar surface area (TPSA) is 72.7 Å². The van der Waals surface area contributed by atoms with Crippen molar-refractivity contribution in [2.75, 3.05) is 13.1 Å². The number of morpholine rings is 1. The summed E-state index contributed by atoms with van der Waals surface area (Å²) in [6.07, 6.45) is 2.07. The SMILES string of the molecule is O=C(c1cc([N+](=O)[O-])ccc1Cl)N1CC2CCC(C1)O2. The Kier molecular flexibility index (Phi) is 3.35. The maximum absolute atomic E-state index is 12.5. The molecule has 0 N–H and O–H groups in total. The van der Waals surface area contributed by atoms with Crippen molar-refractivity contribution in [2.45, 2.75) is 25.0 Å². The molecule has 2 unspecified atom stereocenters. The number of hydrogen-bond donors (Lipinski definition) is 0. The van der Waals surface area contributed by atoms with Gasteiger partial charge >= 0.3 is 0 Å². The number of carbonyl (C=O) groups excluding carboxylic acids is 1. The van der Waals surface area contributed by atoms with E-state index in [0.29, 0.717) is 13.1 Å². The lowest BCUT2D eigenvalue weighted by Gasteiger charge is -2.32. The summed E-state index contributed by atoms with van der Waals surface area (Å²) < 4.78 is 5.67. The number of halogens is 1. The first-order chi connectivity index (χ1) is 9.54. The van der Waals surface area contributed by atoms with Gasteiger partial charge < -0.3 is 9.64 Å². The maximum atomic E-state index is 12.5. The smallest absolute Gasteiger partial charge is 0.270 e.